The van der Waals surface area contributed by atoms with E-state index < -0.39 is 17.8 Å². The topological polar surface area (TPSA) is 116 Å². The van der Waals surface area contributed by atoms with E-state index in [1.54, 1.807) is 4.57 Å². The number of nitrogens with zero attached hydrogens (tertiary/aromatic N) is 2. The Morgan fingerprint density at radius 1 is 1.06 bits per heavy atom. The normalized spacial score (nSPS) is 13.3. The third-order valence-electron chi connectivity index (χ3n) is 5.60. The van der Waals surface area contributed by atoms with Crippen LogP contribution in [0.3, 0.4) is 0 Å². The number of ether oxygens (including phenoxy) is 2. The van der Waals surface area contributed by atoms with Gasteiger partial charge in [0.25, 0.3) is 5.91 Å². The predicted octanol–water partition coefficient (Wildman–Crippen LogP) is 3.40. The van der Waals surface area contributed by atoms with Gasteiger partial charge in [-0.15, -0.1) is 23.1 Å². The summed E-state index contributed by atoms with van der Waals surface area (Å²) in [5, 5.41) is 3.33. The van der Waals surface area contributed by atoms with Gasteiger partial charge in [0.1, 0.15) is 11.5 Å². The number of anilines is 1. The summed E-state index contributed by atoms with van der Waals surface area (Å²) in [7, 11) is 2.64. The molecule has 1 N–H and O–H groups in total. The number of carbonyl (C=O) groups excluding carboxylic acids is 4. The second-order valence-corrected chi connectivity index (χ2v) is 11.1. The number of benzene rings is 1. The van der Waals surface area contributed by atoms with E-state index in [4.69, 9.17) is 9.47 Å². The van der Waals surface area contributed by atoms with Crippen LogP contribution in [-0.4, -0.2) is 54.0 Å². The van der Waals surface area contributed by atoms with E-state index in [-0.39, 0.29) is 24.0 Å². The van der Waals surface area contributed by atoms with Crippen molar-refractivity contribution in [3.05, 3.63) is 45.1 Å². The number of hydrogen-bond donors (Lipinski definition) is 1. The Balaban J connectivity index is 1.41. The summed E-state index contributed by atoms with van der Waals surface area (Å²) in [6, 6.07) is 7.46. The number of para-hydroxylation sites is 1. The van der Waals surface area contributed by atoms with Crippen molar-refractivity contribution in [1.82, 2.24) is 4.57 Å². The van der Waals surface area contributed by atoms with E-state index in [1.165, 1.54) is 36.9 Å². The van der Waals surface area contributed by atoms with Crippen LogP contribution in [0.25, 0.3) is 10.2 Å². The van der Waals surface area contributed by atoms with Crippen LogP contribution in [0.5, 0.6) is 0 Å². The van der Waals surface area contributed by atoms with Crippen LogP contribution >= 0.6 is 34.4 Å². The molecule has 3 aromatic rings. The summed E-state index contributed by atoms with van der Waals surface area (Å²) in [5.41, 5.74) is 2.20. The van der Waals surface area contributed by atoms with E-state index in [0.29, 0.717) is 15.4 Å². The summed E-state index contributed by atoms with van der Waals surface area (Å²) in [6.07, 6.45) is 3.74. The van der Waals surface area contributed by atoms with E-state index in [0.717, 1.165) is 58.1 Å². The summed E-state index contributed by atoms with van der Waals surface area (Å²) in [4.78, 5) is 55.0. The van der Waals surface area contributed by atoms with Crippen LogP contribution in [0.4, 0.5) is 5.00 Å². The molecule has 0 atom stereocenters. The van der Waals surface area contributed by atoms with Gasteiger partial charge < -0.3 is 19.4 Å². The molecule has 0 saturated carbocycles. The number of carbonyl (C=O) groups is 4. The molecule has 9 nitrogen and oxygen atoms in total. The van der Waals surface area contributed by atoms with Crippen LogP contribution < -0.4 is 10.1 Å². The Labute approximate surface area is 219 Å². The van der Waals surface area contributed by atoms with Gasteiger partial charge in [0.15, 0.2) is 4.80 Å². The van der Waals surface area contributed by atoms with Gasteiger partial charge in [-0.05, 0) is 43.4 Å². The molecule has 2 aromatic heterocycles. The average molecular weight is 548 g/mol. The second-order valence-electron chi connectivity index (χ2n) is 7.97. The number of esters is 2. The Hall–Kier alpha value is -2.96. The molecular weight excluding hydrogens is 522 g/mol. The van der Waals surface area contributed by atoms with Crippen molar-refractivity contribution < 1.29 is 28.7 Å². The first-order valence-electron chi connectivity index (χ1n) is 11.2. The minimum atomic E-state index is -0.449. The number of thiazole rings is 1. The van der Waals surface area contributed by atoms with Gasteiger partial charge in [-0.1, -0.05) is 23.5 Å². The van der Waals surface area contributed by atoms with Gasteiger partial charge in [-0.25, -0.2) is 4.79 Å². The molecule has 190 valence electrons. The van der Waals surface area contributed by atoms with E-state index in [2.05, 4.69) is 10.3 Å². The lowest BCUT2D eigenvalue weighted by atomic mass is 9.95. The van der Waals surface area contributed by atoms with Crippen molar-refractivity contribution >= 4 is 73.4 Å². The van der Waals surface area contributed by atoms with E-state index >= 15 is 0 Å². The second kappa shape index (κ2) is 11.8. The maximum absolute atomic E-state index is 12.6. The van der Waals surface area contributed by atoms with Crippen LogP contribution in [0.15, 0.2) is 29.3 Å². The maximum atomic E-state index is 12.6. The van der Waals surface area contributed by atoms with Crippen molar-refractivity contribution in [3.8, 4) is 0 Å². The van der Waals surface area contributed by atoms with Gasteiger partial charge in [0.2, 0.25) is 5.91 Å². The molecule has 1 aromatic carbocycles. The highest BCUT2D eigenvalue weighted by molar-refractivity contribution is 8.00. The summed E-state index contributed by atoms with van der Waals surface area (Å²) in [6.45, 7) is -0.0600. The van der Waals surface area contributed by atoms with Crippen molar-refractivity contribution in [2.24, 2.45) is 4.99 Å². The third-order valence-corrected chi connectivity index (χ3v) is 8.78. The quantitative estimate of drug-likeness (QED) is 0.430. The number of nitrogens with one attached hydrogen (secondary N) is 1. The number of fused-ring (bicyclic) bond motifs is 2. The predicted molar refractivity (Wildman–Crippen MR) is 141 cm³/mol. The van der Waals surface area contributed by atoms with Crippen LogP contribution in [0, 0.1) is 0 Å². The van der Waals surface area contributed by atoms with Crippen molar-refractivity contribution in [3.63, 3.8) is 0 Å². The first-order chi connectivity index (χ1) is 17.4. The molecule has 0 radical (unpaired) electrons. The van der Waals surface area contributed by atoms with Crippen LogP contribution in [0.2, 0.25) is 0 Å². The lowest BCUT2D eigenvalue weighted by Crippen LogP contribution is -2.23. The van der Waals surface area contributed by atoms with Crippen LogP contribution in [-0.2, 0) is 43.2 Å². The molecule has 36 heavy (non-hydrogen) atoms. The number of aryl methyl sites for hydroxylation is 1. The highest BCUT2D eigenvalue weighted by Gasteiger charge is 2.27. The highest BCUT2D eigenvalue weighted by Crippen LogP contribution is 2.38. The molecule has 0 unspecified atom stereocenters. The Morgan fingerprint density at radius 2 is 1.83 bits per heavy atom. The number of methoxy groups -OCH3 is 2. The summed E-state index contributed by atoms with van der Waals surface area (Å²) < 4.78 is 12.2. The average Bonchev–Trinajstić information content (AvgIpc) is 3.40. The molecule has 0 saturated heterocycles. The molecule has 0 spiro atoms. The van der Waals surface area contributed by atoms with E-state index in [1.807, 2.05) is 24.3 Å². The van der Waals surface area contributed by atoms with Crippen molar-refractivity contribution in [2.75, 3.05) is 31.0 Å². The number of aromatic nitrogens is 1. The molecule has 2 heterocycles. The molecular formula is C24H25N3O6S3. The zero-order chi connectivity index (χ0) is 25.7. The summed E-state index contributed by atoms with van der Waals surface area (Å²) >= 11 is 3.85. The fourth-order valence-electron chi connectivity index (χ4n) is 3.96. The van der Waals surface area contributed by atoms with Crippen molar-refractivity contribution in [1.29, 1.82) is 0 Å². The lowest BCUT2D eigenvalue weighted by Gasteiger charge is -2.11. The minimum absolute atomic E-state index is 0.00924. The largest absolute Gasteiger partial charge is 0.468 e. The smallest absolute Gasteiger partial charge is 0.341 e. The first kappa shape index (κ1) is 26.1. The van der Waals surface area contributed by atoms with Crippen LogP contribution in [0.1, 0.15) is 33.6 Å². The zero-order valence-electron chi connectivity index (χ0n) is 19.8. The van der Waals surface area contributed by atoms with Gasteiger partial charge in [0.05, 0.1) is 41.5 Å². The van der Waals surface area contributed by atoms with Gasteiger partial charge in [-0.2, -0.15) is 4.99 Å². The Bertz CT molecular complexity index is 1390. The van der Waals surface area contributed by atoms with Gasteiger partial charge in [-0.3, -0.25) is 14.4 Å². The molecule has 0 bridgehead atoms. The van der Waals surface area contributed by atoms with Gasteiger partial charge >= 0.3 is 11.9 Å². The molecule has 4 rings (SSSR count). The van der Waals surface area contributed by atoms with Gasteiger partial charge in [0, 0.05) is 4.88 Å². The Kier molecular flexibility index (Phi) is 8.60. The number of amides is 2. The standard InChI is InChI=1S/C24H25N3O6S3/c1-32-20(30)11-27-15-8-4-6-10-17(15)36-24(27)26-19(29)13-34-12-18(28)25-22-21(23(31)33-2)14-7-3-5-9-16(14)35-22/h4,6,8,10H,3,5,7,9,11-13H2,1-2H3,(H,25,28). The molecule has 1 aliphatic carbocycles. The Morgan fingerprint density at radius 3 is 2.61 bits per heavy atom. The molecule has 2 amide bonds. The molecule has 1 aliphatic rings. The highest BCUT2D eigenvalue weighted by atomic mass is 32.2. The molecule has 0 fully saturated rings. The molecule has 12 heteroatoms. The number of hydrogen-bond acceptors (Lipinski definition) is 9. The van der Waals surface area contributed by atoms with Crippen molar-refractivity contribution in [2.45, 2.75) is 32.2 Å². The lowest BCUT2D eigenvalue weighted by molar-refractivity contribution is -0.141. The zero-order valence-corrected chi connectivity index (χ0v) is 22.3. The fourth-order valence-corrected chi connectivity index (χ4v) is 6.90. The SMILES string of the molecule is COC(=O)Cn1c(=NC(=O)CSCC(=O)Nc2sc3c(c2C(=O)OC)CCCC3)sc2ccccc21. The molecule has 0 aliphatic heterocycles. The minimum Gasteiger partial charge on any atom is -0.468 e. The fraction of sp³-hybridized carbons (Fsp3) is 0.375. The summed E-state index contributed by atoms with van der Waals surface area (Å²) in [5.74, 6) is -1.60. The number of thiophene rings is 1. The monoisotopic (exact) mass is 547 g/mol. The first-order valence-corrected chi connectivity index (χ1v) is 14.0. The van der Waals surface area contributed by atoms with E-state index in [9.17, 15) is 19.2 Å². The third kappa shape index (κ3) is 5.88. The maximum Gasteiger partial charge on any atom is 0.341 e. The number of thioether (sulfide) groups is 1. The number of rotatable bonds is 8.